The van der Waals surface area contributed by atoms with Gasteiger partial charge in [0.15, 0.2) is 11.7 Å². The van der Waals surface area contributed by atoms with E-state index in [-0.39, 0.29) is 24.7 Å². The molecule has 6 nitrogen and oxygen atoms in total. The number of carboxylic acids is 1. The topological polar surface area (TPSA) is 92.4 Å². The summed E-state index contributed by atoms with van der Waals surface area (Å²) in [6.45, 7) is 3.80. The van der Waals surface area contributed by atoms with Crippen LogP contribution in [0.5, 0.6) is 0 Å². The number of oxazole rings is 1. The predicted octanol–water partition coefficient (Wildman–Crippen LogP) is 4.20. The van der Waals surface area contributed by atoms with Crippen molar-refractivity contribution in [1.29, 1.82) is 0 Å². The molecule has 0 saturated heterocycles. The first kappa shape index (κ1) is 20.3. The van der Waals surface area contributed by atoms with Gasteiger partial charge in [0.05, 0.1) is 11.2 Å². The minimum Gasteiger partial charge on any atom is -0.480 e. The number of halogens is 2. The first-order valence-corrected chi connectivity index (χ1v) is 8.94. The zero-order chi connectivity index (χ0) is 19.3. The van der Waals surface area contributed by atoms with E-state index in [1.54, 1.807) is 18.2 Å². The van der Waals surface area contributed by atoms with E-state index in [4.69, 9.17) is 32.7 Å². The lowest BCUT2D eigenvalue weighted by Gasteiger charge is -2.16. The van der Waals surface area contributed by atoms with Crippen molar-refractivity contribution in [3.8, 4) is 11.3 Å². The molecule has 2 rings (SSSR count). The van der Waals surface area contributed by atoms with Crippen LogP contribution < -0.4 is 5.32 Å². The van der Waals surface area contributed by atoms with Crippen LogP contribution in [-0.4, -0.2) is 28.0 Å². The van der Waals surface area contributed by atoms with Crippen molar-refractivity contribution in [1.82, 2.24) is 10.3 Å². The van der Waals surface area contributed by atoms with Crippen molar-refractivity contribution < 1.29 is 19.1 Å². The highest BCUT2D eigenvalue weighted by atomic mass is 35.5. The van der Waals surface area contributed by atoms with Crippen molar-refractivity contribution in [3.05, 3.63) is 40.3 Å². The number of hydrogen-bond acceptors (Lipinski definition) is 4. The van der Waals surface area contributed by atoms with Crippen LogP contribution in [0.25, 0.3) is 11.3 Å². The van der Waals surface area contributed by atoms with Crippen molar-refractivity contribution in [3.63, 3.8) is 0 Å². The zero-order valence-corrected chi connectivity index (χ0v) is 16.0. The second kappa shape index (κ2) is 9.05. The van der Waals surface area contributed by atoms with Gasteiger partial charge in [-0.3, -0.25) is 4.79 Å². The molecular weight excluding hydrogens is 379 g/mol. The van der Waals surface area contributed by atoms with E-state index >= 15 is 0 Å². The van der Waals surface area contributed by atoms with E-state index in [2.05, 4.69) is 10.3 Å². The highest BCUT2D eigenvalue weighted by Crippen LogP contribution is 2.30. The van der Waals surface area contributed by atoms with E-state index in [1.807, 2.05) is 13.8 Å². The van der Waals surface area contributed by atoms with E-state index < -0.39 is 12.0 Å². The summed E-state index contributed by atoms with van der Waals surface area (Å²) in [5.74, 6) is -0.387. The van der Waals surface area contributed by atoms with Crippen LogP contribution >= 0.6 is 23.2 Å². The molecule has 26 heavy (non-hydrogen) atoms. The molecule has 0 aliphatic rings. The Morgan fingerprint density at radius 1 is 1.31 bits per heavy atom. The standard InChI is InChI=1S/C18H20Cl2N2O4/c1-10(2)7-14(18(24)25)22-16(23)5-6-17-21-9-15(26-17)12-4-3-11(19)8-13(12)20/h3-4,8-10,14H,5-7H2,1-2H3,(H,22,23)(H,24,25). The largest absolute Gasteiger partial charge is 0.480 e. The molecule has 2 aromatic rings. The van der Waals surface area contributed by atoms with Crippen LogP contribution in [0.1, 0.15) is 32.6 Å². The summed E-state index contributed by atoms with van der Waals surface area (Å²) in [5.41, 5.74) is 0.655. The predicted molar refractivity (Wildman–Crippen MR) is 99.3 cm³/mol. The maximum absolute atomic E-state index is 12.0. The molecule has 0 bridgehead atoms. The third-order valence-corrected chi connectivity index (χ3v) is 4.20. The molecule has 0 fully saturated rings. The number of carboxylic acid groups (broad SMARTS) is 1. The summed E-state index contributed by atoms with van der Waals surface area (Å²) >= 11 is 12.0. The molecule has 0 spiro atoms. The third kappa shape index (κ3) is 5.75. The number of nitrogens with zero attached hydrogens (tertiary/aromatic N) is 1. The lowest BCUT2D eigenvalue weighted by atomic mass is 10.0. The van der Waals surface area contributed by atoms with Gasteiger partial charge in [0.25, 0.3) is 0 Å². The van der Waals surface area contributed by atoms with Gasteiger partial charge in [0.1, 0.15) is 6.04 Å². The van der Waals surface area contributed by atoms with Crippen LogP contribution in [0.15, 0.2) is 28.8 Å². The molecule has 0 radical (unpaired) electrons. The molecule has 1 atom stereocenters. The Balaban J connectivity index is 1.95. The Morgan fingerprint density at radius 3 is 2.65 bits per heavy atom. The third-order valence-electron chi connectivity index (χ3n) is 3.66. The normalized spacial score (nSPS) is 12.2. The van der Waals surface area contributed by atoms with Gasteiger partial charge in [-0.1, -0.05) is 37.0 Å². The van der Waals surface area contributed by atoms with Crippen molar-refractivity contribution in [2.24, 2.45) is 5.92 Å². The molecule has 0 aliphatic heterocycles. The first-order valence-electron chi connectivity index (χ1n) is 8.18. The number of benzene rings is 1. The molecule has 1 unspecified atom stereocenters. The molecule has 140 valence electrons. The van der Waals surface area contributed by atoms with Crippen molar-refractivity contribution >= 4 is 35.1 Å². The monoisotopic (exact) mass is 398 g/mol. The van der Waals surface area contributed by atoms with Gasteiger partial charge in [0, 0.05) is 23.4 Å². The molecule has 1 aromatic carbocycles. The van der Waals surface area contributed by atoms with Crippen LogP contribution in [0.3, 0.4) is 0 Å². The first-order chi connectivity index (χ1) is 12.3. The number of aliphatic carboxylic acids is 1. The summed E-state index contributed by atoms with van der Waals surface area (Å²) in [6, 6.07) is 4.13. The fourth-order valence-electron chi connectivity index (χ4n) is 2.42. The number of hydrogen-bond donors (Lipinski definition) is 2. The lowest BCUT2D eigenvalue weighted by Crippen LogP contribution is -2.41. The van der Waals surface area contributed by atoms with E-state index in [0.717, 1.165) is 0 Å². The van der Waals surface area contributed by atoms with Gasteiger partial charge in [-0.15, -0.1) is 0 Å². The van der Waals surface area contributed by atoms with Crippen LogP contribution in [0, 0.1) is 5.92 Å². The number of aromatic nitrogens is 1. The van der Waals surface area contributed by atoms with E-state index in [1.165, 1.54) is 6.20 Å². The number of nitrogens with one attached hydrogen (secondary N) is 1. The van der Waals surface area contributed by atoms with Gasteiger partial charge in [-0.05, 0) is 30.5 Å². The maximum Gasteiger partial charge on any atom is 0.326 e. The second-order valence-electron chi connectivity index (χ2n) is 6.33. The Bertz CT molecular complexity index is 789. The Labute approximate surface area is 161 Å². The van der Waals surface area contributed by atoms with Crippen LogP contribution in [-0.2, 0) is 16.0 Å². The minimum absolute atomic E-state index is 0.0795. The molecular formula is C18H20Cl2N2O4. The molecule has 1 amide bonds. The number of rotatable bonds is 8. The van der Waals surface area contributed by atoms with Crippen LogP contribution in [0.2, 0.25) is 10.0 Å². The Hall–Kier alpha value is -2.05. The molecule has 8 heteroatoms. The highest BCUT2D eigenvalue weighted by molar-refractivity contribution is 6.36. The lowest BCUT2D eigenvalue weighted by molar-refractivity contribution is -0.142. The Kier molecular flexibility index (Phi) is 7.06. The number of amides is 1. The smallest absolute Gasteiger partial charge is 0.326 e. The molecule has 0 aliphatic carbocycles. The van der Waals surface area contributed by atoms with Gasteiger partial charge < -0.3 is 14.8 Å². The maximum atomic E-state index is 12.0. The van der Waals surface area contributed by atoms with Crippen molar-refractivity contribution in [2.75, 3.05) is 0 Å². The summed E-state index contributed by atoms with van der Waals surface area (Å²) < 4.78 is 5.62. The van der Waals surface area contributed by atoms with Crippen molar-refractivity contribution in [2.45, 2.75) is 39.2 Å². The average Bonchev–Trinajstić information content (AvgIpc) is 3.00. The van der Waals surface area contributed by atoms with E-state index in [9.17, 15) is 9.59 Å². The second-order valence-corrected chi connectivity index (χ2v) is 7.17. The highest BCUT2D eigenvalue weighted by Gasteiger charge is 2.21. The number of carbonyl (C=O) groups excluding carboxylic acids is 1. The summed E-state index contributed by atoms with van der Waals surface area (Å²) in [7, 11) is 0. The van der Waals surface area contributed by atoms with Gasteiger partial charge >= 0.3 is 5.97 Å². The van der Waals surface area contributed by atoms with E-state index in [0.29, 0.717) is 33.7 Å². The van der Waals surface area contributed by atoms with Crippen LogP contribution in [0.4, 0.5) is 0 Å². The number of aryl methyl sites for hydroxylation is 1. The SMILES string of the molecule is CC(C)CC(NC(=O)CCc1ncc(-c2ccc(Cl)cc2Cl)o1)C(=O)O. The molecule has 1 aromatic heterocycles. The van der Waals surface area contributed by atoms with Gasteiger partial charge in [-0.2, -0.15) is 0 Å². The Morgan fingerprint density at radius 2 is 2.04 bits per heavy atom. The average molecular weight is 399 g/mol. The summed E-state index contributed by atoms with van der Waals surface area (Å²) in [6.07, 6.45) is 2.24. The molecule has 1 heterocycles. The summed E-state index contributed by atoms with van der Waals surface area (Å²) in [4.78, 5) is 27.3. The van der Waals surface area contributed by atoms with Gasteiger partial charge in [-0.25, -0.2) is 9.78 Å². The quantitative estimate of drug-likeness (QED) is 0.694. The fourth-order valence-corrected chi connectivity index (χ4v) is 2.92. The molecule has 2 N–H and O–H groups in total. The molecule has 0 saturated carbocycles. The zero-order valence-electron chi connectivity index (χ0n) is 14.5. The number of carbonyl (C=O) groups is 2. The fraction of sp³-hybridized carbons (Fsp3) is 0.389. The van der Waals surface area contributed by atoms with Gasteiger partial charge in [0.2, 0.25) is 5.91 Å². The summed E-state index contributed by atoms with van der Waals surface area (Å²) in [5, 5.41) is 12.7. The minimum atomic E-state index is -1.04.